The molecule has 1 aliphatic rings. The molecule has 0 spiro atoms. The molecule has 0 unspecified atom stereocenters. The molecule has 0 radical (unpaired) electrons. The smallest absolute Gasteiger partial charge is 0.253 e. The van der Waals surface area contributed by atoms with E-state index in [0.717, 1.165) is 30.8 Å². The Hall–Kier alpha value is -1.93. The third kappa shape index (κ3) is 4.27. The number of benzene rings is 1. The van der Waals surface area contributed by atoms with E-state index >= 15 is 0 Å². The molecule has 0 atom stereocenters. The lowest BCUT2D eigenvalue weighted by Crippen LogP contribution is -2.29. The molecule has 1 aromatic carbocycles. The van der Waals surface area contributed by atoms with Gasteiger partial charge >= 0.3 is 0 Å². The first-order chi connectivity index (χ1) is 10.2. The predicted octanol–water partition coefficient (Wildman–Crippen LogP) is 1.76. The maximum Gasteiger partial charge on any atom is 0.253 e. The Labute approximate surface area is 129 Å². The highest BCUT2D eigenvalue weighted by Crippen LogP contribution is 2.23. The van der Waals surface area contributed by atoms with Crippen LogP contribution in [0.5, 0.6) is 0 Å². The number of terminal acetylenes is 1. The van der Waals surface area contributed by atoms with E-state index in [-0.39, 0.29) is 18.4 Å². The van der Waals surface area contributed by atoms with E-state index in [1.165, 1.54) is 11.8 Å². The van der Waals surface area contributed by atoms with Crippen molar-refractivity contribution in [2.24, 2.45) is 0 Å². The summed E-state index contributed by atoms with van der Waals surface area (Å²) in [7, 11) is 0. The summed E-state index contributed by atoms with van der Waals surface area (Å²) in [5.74, 6) is 2.67. The molecule has 2 rings (SSSR count). The van der Waals surface area contributed by atoms with Crippen LogP contribution in [0.4, 0.5) is 0 Å². The molecule has 1 aromatic rings. The summed E-state index contributed by atoms with van der Waals surface area (Å²) in [6, 6.07) is 7.26. The summed E-state index contributed by atoms with van der Waals surface area (Å²) in [6.45, 7) is 1.90. The molecule has 110 valence electrons. The molecule has 0 bridgehead atoms. The number of amides is 2. The van der Waals surface area contributed by atoms with E-state index in [4.69, 9.17) is 6.42 Å². The minimum atomic E-state index is -0.204. The van der Waals surface area contributed by atoms with Crippen molar-refractivity contribution in [3.8, 4) is 12.3 Å². The fourth-order valence-electron chi connectivity index (χ4n) is 2.20. The molecule has 21 heavy (non-hydrogen) atoms. The van der Waals surface area contributed by atoms with Gasteiger partial charge in [-0.25, -0.2) is 0 Å². The van der Waals surface area contributed by atoms with Gasteiger partial charge in [0.25, 0.3) is 5.91 Å². The highest BCUT2D eigenvalue weighted by atomic mass is 32.2. The Kier molecular flexibility index (Phi) is 5.70. The summed E-state index contributed by atoms with van der Waals surface area (Å²) >= 11 is 1.40. The van der Waals surface area contributed by atoms with Crippen LogP contribution in [0.3, 0.4) is 0 Å². The second-order valence-electron chi connectivity index (χ2n) is 4.76. The maximum absolute atomic E-state index is 12.0. The van der Waals surface area contributed by atoms with Crippen LogP contribution >= 0.6 is 11.8 Å². The Bertz CT molecular complexity index is 560. The number of carbonyl (C=O) groups is 2. The van der Waals surface area contributed by atoms with Gasteiger partial charge in [-0.3, -0.25) is 9.59 Å². The van der Waals surface area contributed by atoms with E-state index in [9.17, 15) is 9.59 Å². The summed E-state index contributed by atoms with van der Waals surface area (Å²) in [5.41, 5.74) is 0.562. The lowest BCUT2D eigenvalue weighted by molar-refractivity contribution is -0.127. The zero-order valence-electron chi connectivity index (χ0n) is 11.8. The summed E-state index contributed by atoms with van der Waals surface area (Å²) in [4.78, 5) is 26.7. The van der Waals surface area contributed by atoms with Crippen molar-refractivity contribution in [1.29, 1.82) is 0 Å². The zero-order chi connectivity index (χ0) is 15.1. The Morgan fingerprint density at radius 3 is 2.71 bits per heavy atom. The van der Waals surface area contributed by atoms with Crippen LogP contribution < -0.4 is 5.32 Å². The Morgan fingerprint density at radius 2 is 2.00 bits per heavy atom. The Morgan fingerprint density at radius 1 is 1.29 bits per heavy atom. The SMILES string of the molecule is C#CCNC(=O)c1ccccc1SCC(=O)N1CCCC1. The van der Waals surface area contributed by atoms with Crippen molar-refractivity contribution in [3.05, 3.63) is 29.8 Å². The van der Waals surface area contributed by atoms with Gasteiger partial charge < -0.3 is 10.2 Å². The predicted molar refractivity (Wildman–Crippen MR) is 84.1 cm³/mol. The largest absolute Gasteiger partial charge is 0.342 e. The van der Waals surface area contributed by atoms with Crippen LogP contribution in [0.2, 0.25) is 0 Å². The molecule has 1 aliphatic heterocycles. The lowest BCUT2D eigenvalue weighted by atomic mass is 10.2. The van der Waals surface area contributed by atoms with E-state index in [2.05, 4.69) is 11.2 Å². The number of hydrogen-bond acceptors (Lipinski definition) is 3. The fraction of sp³-hybridized carbons (Fsp3) is 0.375. The summed E-state index contributed by atoms with van der Waals surface area (Å²) < 4.78 is 0. The molecule has 4 nitrogen and oxygen atoms in total. The number of hydrogen-bond donors (Lipinski definition) is 1. The highest BCUT2D eigenvalue weighted by molar-refractivity contribution is 8.00. The Balaban J connectivity index is 1.98. The van der Waals surface area contributed by atoms with Crippen molar-refractivity contribution in [1.82, 2.24) is 10.2 Å². The number of carbonyl (C=O) groups excluding carboxylic acids is 2. The standard InChI is InChI=1S/C16H18N2O2S/c1-2-9-17-16(20)13-7-3-4-8-14(13)21-12-15(19)18-10-5-6-11-18/h1,3-4,7-8H,5-6,9-12H2,(H,17,20). The summed E-state index contributed by atoms with van der Waals surface area (Å²) in [6.07, 6.45) is 7.31. The topological polar surface area (TPSA) is 49.4 Å². The maximum atomic E-state index is 12.0. The number of likely N-dealkylation sites (tertiary alicyclic amines) is 1. The van der Waals surface area contributed by atoms with Crippen molar-refractivity contribution in [3.63, 3.8) is 0 Å². The molecule has 2 amide bonds. The average molecular weight is 302 g/mol. The normalized spacial score (nSPS) is 13.8. The van der Waals surface area contributed by atoms with Crippen LogP contribution in [0.1, 0.15) is 23.2 Å². The molecule has 5 heteroatoms. The monoisotopic (exact) mass is 302 g/mol. The zero-order valence-corrected chi connectivity index (χ0v) is 12.6. The van der Waals surface area contributed by atoms with Crippen molar-refractivity contribution >= 4 is 23.6 Å². The molecule has 0 aliphatic carbocycles. The number of thioether (sulfide) groups is 1. The van der Waals surface area contributed by atoms with Gasteiger partial charge in [-0.05, 0) is 25.0 Å². The van der Waals surface area contributed by atoms with E-state index in [1.807, 2.05) is 17.0 Å². The second kappa shape index (κ2) is 7.75. The second-order valence-corrected chi connectivity index (χ2v) is 5.78. The summed E-state index contributed by atoms with van der Waals surface area (Å²) in [5, 5.41) is 2.65. The molecule has 1 heterocycles. The highest BCUT2D eigenvalue weighted by Gasteiger charge is 2.19. The van der Waals surface area contributed by atoms with Crippen LogP contribution in [-0.4, -0.2) is 42.1 Å². The third-order valence-electron chi connectivity index (χ3n) is 3.29. The average Bonchev–Trinajstić information content (AvgIpc) is 3.05. The van der Waals surface area contributed by atoms with Gasteiger partial charge in [-0.15, -0.1) is 18.2 Å². The van der Waals surface area contributed by atoms with Crippen LogP contribution in [0.25, 0.3) is 0 Å². The van der Waals surface area contributed by atoms with Gasteiger partial charge in [0.1, 0.15) is 0 Å². The van der Waals surface area contributed by atoms with E-state index in [0.29, 0.717) is 11.3 Å². The molecular weight excluding hydrogens is 284 g/mol. The lowest BCUT2D eigenvalue weighted by Gasteiger charge is -2.15. The van der Waals surface area contributed by atoms with Gasteiger partial charge in [0.05, 0.1) is 17.9 Å². The van der Waals surface area contributed by atoms with Gasteiger partial charge in [0.15, 0.2) is 0 Å². The van der Waals surface area contributed by atoms with Crippen molar-refractivity contribution < 1.29 is 9.59 Å². The van der Waals surface area contributed by atoms with Gasteiger partial charge in [0.2, 0.25) is 5.91 Å². The van der Waals surface area contributed by atoms with Crippen LogP contribution in [-0.2, 0) is 4.79 Å². The van der Waals surface area contributed by atoms with Crippen molar-refractivity contribution in [2.45, 2.75) is 17.7 Å². The molecular formula is C16H18N2O2S. The molecule has 0 saturated carbocycles. The van der Waals surface area contributed by atoms with E-state index < -0.39 is 0 Å². The van der Waals surface area contributed by atoms with Gasteiger partial charge in [-0.2, -0.15) is 0 Å². The van der Waals surface area contributed by atoms with E-state index in [1.54, 1.807) is 12.1 Å². The molecule has 0 aromatic heterocycles. The molecule has 1 saturated heterocycles. The fourth-order valence-corrected chi connectivity index (χ4v) is 3.16. The minimum Gasteiger partial charge on any atom is -0.342 e. The quantitative estimate of drug-likeness (QED) is 0.666. The third-order valence-corrected chi connectivity index (χ3v) is 4.35. The molecule has 1 fully saturated rings. The molecule has 1 N–H and O–H groups in total. The number of nitrogens with zero attached hydrogens (tertiary/aromatic N) is 1. The number of rotatable bonds is 5. The first kappa shape index (κ1) is 15.5. The van der Waals surface area contributed by atoms with Crippen LogP contribution in [0.15, 0.2) is 29.2 Å². The first-order valence-corrected chi connectivity index (χ1v) is 7.92. The minimum absolute atomic E-state index is 0.135. The van der Waals surface area contributed by atoms with Gasteiger partial charge in [-0.1, -0.05) is 18.1 Å². The first-order valence-electron chi connectivity index (χ1n) is 6.93. The number of nitrogens with one attached hydrogen (secondary N) is 1. The van der Waals surface area contributed by atoms with Crippen molar-refractivity contribution in [2.75, 3.05) is 25.4 Å². The van der Waals surface area contributed by atoms with Gasteiger partial charge in [0, 0.05) is 18.0 Å². The van der Waals surface area contributed by atoms with Crippen LogP contribution in [0, 0.1) is 12.3 Å².